The third kappa shape index (κ3) is 2.27. The van der Waals surface area contributed by atoms with Crippen molar-refractivity contribution < 1.29 is 9.21 Å². The second-order valence-electron chi connectivity index (χ2n) is 6.22. The summed E-state index contributed by atoms with van der Waals surface area (Å²) in [5.74, 6) is 0.116. The number of hydrogen-bond donors (Lipinski definition) is 0. The fourth-order valence-corrected chi connectivity index (χ4v) is 3.51. The summed E-state index contributed by atoms with van der Waals surface area (Å²) in [5.41, 5.74) is 1.21. The zero-order valence-electron chi connectivity index (χ0n) is 14.1. The van der Waals surface area contributed by atoms with Crippen molar-refractivity contribution in [3.8, 4) is 0 Å². The zero-order chi connectivity index (χ0) is 18.4. The van der Waals surface area contributed by atoms with Gasteiger partial charge in [-0.15, -0.1) is 0 Å². The molecule has 0 spiro atoms. The molecule has 6 nitrogen and oxygen atoms in total. The van der Waals surface area contributed by atoms with Crippen molar-refractivity contribution in [1.82, 2.24) is 9.97 Å². The van der Waals surface area contributed by atoms with E-state index in [1.807, 2.05) is 6.07 Å². The lowest BCUT2D eigenvalue weighted by molar-refractivity contribution is 0.0970. The van der Waals surface area contributed by atoms with Crippen molar-refractivity contribution in [1.29, 1.82) is 0 Å². The molecule has 0 N–H and O–H groups in total. The van der Waals surface area contributed by atoms with Crippen LogP contribution >= 0.6 is 0 Å². The molecule has 0 fully saturated rings. The number of hydrogen-bond acceptors (Lipinski definition) is 5. The number of nitrogens with zero attached hydrogens (tertiary/aromatic N) is 3. The topological polar surface area (TPSA) is 76.3 Å². The minimum absolute atomic E-state index is 0.0539. The first-order valence-electron chi connectivity index (χ1n) is 8.46. The Hall–Kier alpha value is -3.80. The molecule has 0 bridgehead atoms. The summed E-state index contributed by atoms with van der Waals surface area (Å²) in [7, 11) is 0. The fourth-order valence-electron chi connectivity index (χ4n) is 3.51. The molecule has 0 unspecified atom stereocenters. The van der Waals surface area contributed by atoms with E-state index in [9.17, 15) is 9.59 Å². The van der Waals surface area contributed by atoms with Crippen LogP contribution in [0.3, 0.4) is 0 Å². The highest BCUT2D eigenvalue weighted by Gasteiger charge is 2.44. The quantitative estimate of drug-likeness (QED) is 0.551. The molecule has 6 heteroatoms. The smallest absolute Gasteiger partial charge is 0.296 e. The molecule has 130 valence electrons. The molecular formula is C21H13N3O3. The van der Waals surface area contributed by atoms with Crippen LogP contribution < -0.4 is 10.3 Å². The zero-order valence-corrected chi connectivity index (χ0v) is 14.1. The van der Waals surface area contributed by atoms with E-state index >= 15 is 0 Å². The first-order chi connectivity index (χ1) is 13.3. The molecule has 4 aromatic rings. The number of fused-ring (bicyclic) bond motifs is 2. The van der Waals surface area contributed by atoms with E-state index in [1.165, 1.54) is 4.90 Å². The van der Waals surface area contributed by atoms with Gasteiger partial charge in [-0.3, -0.25) is 19.5 Å². The van der Waals surface area contributed by atoms with Gasteiger partial charge in [-0.05, 0) is 35.9 Å². The lowest BCUT2D eigenvalue weighted by atomic mass is 10.00. The van der Waals surface area contributed by atoms with Crippen LogP contribution in [0.2, 0.25) is 0 Å². The van der Waals surface area contributed by atoms with Crippen molar-refractivity contribution in [2.24, 2.45) is 0 Å². The van der Waals surface area contributed by atoms with Gasteiger partial charge in [0.05, 0.1) is 17.0 Å². The molecule has 1 atom stereocenters. The van der Waals surface area contributed by atoms with E-state index in [2.05, 4.69) is 9.97 Å². The summed E-state index contributed by atoms with van der Waals surface area (Å²) in [6, 6.07) is 15.2. The van der Waals surface area contributed by atoms with Crippen LogP contribution in [0, 0.1) is 0 Å². The second-order valence-corrected chi connectivity index (χ2v) is 6.22. The first-order valence-corrected chi connectivity index (χ1v) is 8.46. The van der Waals surface area contributed by atoms with Gasteiger partial charge in [-0.1, -0.05) is 24.3 Å². The molecule has 1 amide bonds. The highest BCUT2D eigenvalue weighted by Crippen LogP contribution is 2.40. The molecule has 1 aliphatic rings. The molecule has 3 aromatic heterocycles. The lowest BCUT2D eigenvalue weighted by Gasteiger charge is -2.23. The van der Waals surface area contributed by atoms with Gasteiger partial charge >= 0.3 is 0 Å². The predicted molar refractivity (Wildman–Crippen MR) is 99.6 cm³/mol. The minimum Gasteiger partial charge on any atom is -0.450 e. The Labute approximate surface area is 153 Å². The summed E-state index contributed by atoms with van der Waals surface area (Å²) in [6.45, 7) is 0. The van der Waals surface area contributed by atoms with Crippen LogP contribution in [0.15, 0.2) is 82.4 Å². The Bertz CT molecular complexity index is 1220. The number of rotatable bonds is 2. The van der Waals surface area contributed by atoms with Crippen LogP contribution in [0.1, 0.15) is 27.7 Å². The fraction of sp³-hybridized carbons (Fsp3) is 0.0476. The summed E-state index contributed by atoms with van der Waals surface area (Å²) >= 11 is 0. The molecule has 0 saturated carbocycles. The Balaban J connectivity index is 1.84. The molecule has 1 aromatic carbocycles. The van der Waals surface area contributed by atoms with Gasteiger partial charge in [0, 0.05) is 18.6 Å². The molecule has 4 heterocycles. The Kier molecular flexibility index (Phi) is 3.36. The number of aromatic nitrogens is 2. The number of carbonyl (C=O) groups is 1. The van der Waals surface area contributed by atoms with Gasteiger partial charge < -0.3 is 4.42 Å². The third-order valence-corrected chi connectivity index (χ3v) is 4.67. The minimum atomic E-state index is -0.642. The van der Waals surface area contributed by atoms with E-state index in [1.54, 1.807) is 67.1 Å². The Morgan fingerprint density at radius 1 is 0.926 bits per heavy atom. The number of amides is 1. The van der Waals surface area contributed by atoms with E-state index in [0.29, 0.717) is 22.4 Å². The SMILES string of the molecule is O=C1c2oc3ccccc3c(=O)c2[C@@H](c2cccnc2)N1c1ccccn1. The molecule has 0 saturated heterocycles. The molecular weight excluding hydrogens is 342 g/mol. The number of benzene rings is 1. The molecule has 0 aliphatic carbocycles. The molecule has 0 radical (unpaired) electrons. The van der Waals surface area contributed by atoms with Crippen LogP contribution in [0.5, 0.6) is 0 Å². The Morgan fingerprint density at radius 3 is 2.56 bits per heavy atom. The number of carbonyl (C=O) groups excluding carboxylic acids is 1. The van der Waals surface area contributed by atoms with E-state index in [4.69, 9.17) is 4.42 Å². The van der Waals surface area contributed by atoms with Crippen LogP contribution in [0.25, 0.3) is 11.0 Å². The number of para-hydroxylation sites is 1. The van der Waals surface area contributed by atoms with Gasteiger partial charge in [0.2, 0.25) is 5.76 Å². The van der Waals surface area contributed by atoms with Gasteiger partial charge in [0.15, 0.2) is 5.43 Å². The lowest BCUT2D eigenvalue weighted by Crippen LogP contribution is -2.30. The van der Waals surface area contributed by atoms with Gasteiger partial charge in [-0.25, -0.2) is 4.98 Å². The normalized spacial score (nSPS) is 15.9. The molecule has 27 heavy (non-hydrogen) atoms. The van der Waals surface area contributed by atoms with Gasteiger partial charge in [-0.2, -0.15) is 0 Å². The number of anilines is 1. The summed E-state index contributed by atoms with van der Waals surface area (Å²) < 4.78 is 5.86. The predicted octanol–water partition coefficient (Wildman–Crippen LogP) is 3.33. The van der Waals surface area contributed by atoms with Crippen LogP contribution in [-0.2, 0) is 0 Å². The van der Waals surface area contributed by atoms with Crippen molar-refractivity contribution in [2.75, 3.05) is 4.90 Å². The average Bonchev–Trinajstić information content (AvgIpc) is 3.02. The Morgan fingerprint density at radius 2 is 1.78 bits per heavy atom. The first kappa shape index (κ1) is 15.5. The highest BCUT2D eigenvalue weighted by molar-refractivity contribution is 6.10. The van der Waals surface area contributed by atoms with Crippen LogP contribution in [0.4, 0.5) is 5.82 Å². The maximum Gasteiger partial charge on any atom is 0.296 e. The molecule has 5 rings (SSSR count). The third-order valence-electron chi connectivity index (χ3n) is 4.67. The summed E-state index contributed by atoms with van der Waals surface area (Å²) in [4.78, 5) is 36.4. The standard InChI is InChI=1S/C21H13N3O3/c25-19-14-7-1-2-8-15(14)27-20-17(19)18(13-6-5-10-22-12-13)24(21(20)26)16-9-3-4-11-23-16/h1-12,18H/t18-/m1/s1. The second kappa shape index (κ2) is 5.88. The van der Waals surface area contributed by atoms with Gasteiger partial charge in [0.25, 0.3) is 5.91 Å². The molecule has 1 aliphatic heterocycles. The number of pyridine rings is 2. The van der Waals surface area contributed by atoms with Crippen molar-refractivity contribution in [3.05, 3.63) is 100 Å². The average molecular weight is 355 g/mol. The maximum absolute atomic E-state index is 13.2. The van der Waals surface area contributed by atoms with E-state index in [0.717, 1.165) is 5.56 Å². The largest absolute Gasteiger partial charge is 0.450 e. The van der Waals surface area contributed by atoms with Crippen molar-refractivity contribution in [2.45, 2.75) is 6.04 Å². The summed E-state index contributed by atoms with van der Waals surface area (Å²) in [5, 5.41) is 0.445. The maximum atomic E-state index is 13.2. The van der Waals surface area contributed by atoms with E-state index in [-0.39, 0.29) is 17.1 Å². The van der Waals surface area contributed by atoms with Crippen molar-refractivity contribution >= 4 is 22.7 Å². The highest BCUT2D eigenvalue weighted by atomic mass is 16.3. The van der Waals surface area contributed by atoms with Crippen LogP contribution in [-0.4, -0.2) is 15.9 Å². The monoisotopic (exact) mass is 355 g/mol. The van der Waals surface area contributed by atoms with Gasteiger partial charge in [0.1, 0.15) is 11.4 Å². The summed E-state index contributed by atoms with van der Waals surface area (Å²) in [6.07, 6.45) is 4.91. The van der Waals surface area contributed by atoms with Crippen molar-refractivity contribution in [3.63, 3.8) is 0 Å². The van der Waals surface area contributed by atoms with E-state index < -0.39 is 6.04 Å².